The maximum atomic E-state index is 12.2. The van der Waals surface area contributed by atoms with Crippen LogP contribution in [0.15, 0.2) is 47.3 Å². The van der Waals surface area contributed by atoms with Crippen LogP contribution in [-0.4, -0.2) is 42.0 Å². The van der Waals surface area contributed by atoms with Gasteiger partial charge in [0.15, 0.2) is 0 Å². The fraction of sp³-hybridized carbons (Fsp3) is 0.375. The molecule has 3 heterocycles. The maximum absolute atomic E-state index is 12.2. The van der Waals surface area contributed by atoms with E-state index in [1.807, 2.05) is 29.2 Å². The minimum absolute atomic E-state index is 0.209. The lowest BCUT2D eigenvalue weighted by Gasteiger charge is -2.36. The van der Waals surface area contributed by atoms with Crippen LogP contribution >= 0.6 is 0 Å². The fourth-order valence-corrected chi connectivity index (χ4v) is 2.61. The Hall–Kier alpha value is -2.30. The lowest BCUT2D eigenvalue weighted by Crippen LogP contribution is -2.48. The minimum atomic E-state index is 0.209. The summed E-state index contributed by atoms with van der Waals surface area (Å²) in [5.41, 5.74) is 1.17. The molecule has 0 atom stereocenters. The number of furan rings is 1. The summed E-state index contributed by atoms with van der Waals surface area (Å²) in [6, 6.07) is 7.78. The van der Waals surface area contributed by atoms with E-state index in [1.54, 1.807) is 18.7 Å². The van der Waals surface area contributed by atoms with E-state index in [0.717, 1.165) is 31.9 Å². The standard InChI is InChI=1S/C16H19N3O2/c20-16(4-3-15-2-1-13-21-15)19-11-9-18(10-12-19)14-5-7-17-8-6-14/h1-2,5-8,13H,3-4,9-12H2. The predicted octanol–water partition coefficient (Wildman–Crippen LogP) is 1.96. The highest BCUT2D eigenvalue weighted by Crippen LogP contribution is 2.15. The van der Waals surface area contributed by atoms with Gasteiger partial charge in [-0.3, -0.25) is 9.78 Å². The van der Waals surface area contributed by atoms with Crippen molar-refractivity contribution < 1.29 is 9.21 Å². The summed E-state index contributed by atoms with van der Waals surface area (Å²) < 4.78 is 5.26. The molecule has 0 radical (unpaired) electrons. The van der Waals surface area contributed by atoms with Crippen LogP contribution in [0.25, 0.3) is 0 Å². The van der Waals surface area contributed by atoms with Crippen molar-refractivity contribution in [3.05, 3.63) is 48.7 Å². The number of rotatable bonds is 4. The van der Waals surface area contributed by atoms with Gasteiger partial charge in [-0.15, -0.1) is 0 Å². The number of hydrogen-bond acceptors (Lipinski definition) is 4. The van der Waals surface area contributed by atoms with E-state index in [-0.39, 0.29) is 5.91 Å². The van der Waals surface area contributed by atoms with Gasteiger partial charge >= 0.3 is 0 Å². The molecule has 0 unspecified atom stereocenters. The molecule has 1 fully saturated rings. The average Bonchev–Trinajstić information content (AvgIpc) is 3.07. The Morgan fingerprint density at radius 1 is 1.14 bits per heavy atom. The Kier molecular flexibility index (Phi) is 4.19. The number of hydrogen-bond donors (Lipinski definition) is 0. The molecule has 0 spiro atoms. The molecule has 1 aliphatic heterocycles. The second kappa shape index (κ2) is 6.43. The number of piperazine rings is 1. The zero-order valence-corrected chi connectivity index (χ0v) is 11.9. The Morgan fingerprint density at radius 2 is 1.90 bits per heavy atom. The van der Waals surface area contributed by atoms with Crippen LogP contribution in [0.2, 0.25) is 0 Å². The van der Waals surface area contributed by atoms with Crippen molar-refractivity contribution in [3.8, 4) is 0 Å². The van der Waals surface area contributed by atoms with E-state index >= 15 is 0 Å². The van der Waals surface area contributed by atoms with Crippen LogP contribution in [0.4, 0.5) is 5.69 Å². The van der Waals surface area contributed by atoms with Crippen molar-refractivity contribution in [3.63, 3.8) is 0 Å². The Bertz CT molecular complexity index is 560. The third-order valence-corrected chi connectivity index (χ3v) is 3.83. The van der Waals surface area contributed by atoms with Gasteiger partial charge in [-0.2, -0.15) is 0 Å². The molecule has 1 saturated heterocycles. The average molecular weight is 285 g/mol. The third kappa shape index (κ3) is 3.42. The summed E-state index contributed by atoms with van der Waals surface area (Å²) in [4.78, 5) is 20.5. The van der Waals surface area contributed by atoms with Crippen molar-refractivity contribution in [2.24, 2.45) is 0 Å². The Balaban J connectivity index is 1.48. The summed E-state index contributed by atoms with van der Waals surface area (Å²) in [5, 5.41) is 0. The van der Waals surface area contributed by atoms with Crippen molar-refractivity contribution in [1.82, 2.24) is 9.88 Å². The Labute approximate surface area is 124 Å². The highest BCUT2D eigenvalue weighted by Gasteiger charge is 2.21. The van der Waals surface area contributed by atoms with Gasteiger partial charge in [0, 0.05) is 57.1 Å². The van der Waals surface area contributed by atoms with Gasteiger partial charge in [-0.1, -0.05) is 0 Å². The highest BCUT2D eigenvalue weighted by atomic mass is 16.3. The fourth-order valence-electron chi connectivity index (χ4n) is 2.61. The molecule has 2 aromatic rings. The van der Waals surface area contributed by atoms with E-state index in [1.165, 1.54) is 5.69 Å². The van der Waals surface area contributed by atoms with Gasteiger partial charge in [0.2, 0.25) is 5.91 Å². The Morgan fingerprint density at radius 3 is 2.57 bits per heavy atom. The number of aromatic nitrogens is 1. The van der Waals surface area contributed by atoms with Crippen molar-refractivity contribution >= 4 is 11.6 Å². The summed E-state index contributed by atoms with van der Waals surface area (Å²) in [5.74, 6) is 1.08. The first-order valence-electron chi connectivity index (χ1n) is 7.28. The van der Waals surface area contributed by atoms with Gasteiger partial charge in [0.05, 0.1) is 6.26 Å². The smallest absolute Gasteiger partial charge is 0.223 e. The van der Waals surface area contributed by atoms with E-state index in [9.17, 15) is 4.79 Å². The third-order valence-electron chi connectivity index (χ3n) is 3.83. The number of pyridine rings is 1. The molecule has 0 aromatic carbocycles. The molecule has 1 amide bonds. The molecule has 21 heavy (non-hydrogen) atoms. The van der Waals surface area contributed by atoms with E-state index in [4.69, 9.17) is 4.42 Å². The van der Waals surface area contributed by atoms with Crippen molar-refractivity contribution in [1.29, 1.82) is 0 Å². The van der Waals surface area contributed by atoms with Crippen LogP contribution in [0.1, 0.15) is 12.2 Å². The maximum Gasteiger partial charge on any atom is 0.223 e. The van der Waals surface area contributed by atoms with E-state index < -0.39 is 0 Å². The SMILES string of the molecule is O=C(CCc1ccco1)N1CCN(c2ccncc2)CC1. The van der Waals surface area contributed by atoms with E-state index in [2.05, 4.69) is 9.88 Å². The molecule has 1 aliphatic rings. The molecule has 0 saturated carbocycles. The molecule has 5 nitrogen and oxygen atoms in total. The van der Waals surface area contributed by atoms with Gasteiger partial charge < -0.3 is 14.2 Å². The largest absolute Gasteiger partial charge is 0.469 e. The second-order valence-electron chi connectivity index (χ2n) is 5.15. The van der Waals surface area contributed by atoms with E-state index in [0.29, 0.717) is 12.8 Å². The number of amides is 1. The molecule has 0 aliphatic carbocycles. The number of carbonyl (C=O) groups excluding carboxylic acids is 1. The topological polar surface area (TPSA) is 49.6 Å². The van der Waals surface area contributed by atoms with Gasteiger partial charge in [-0.25, -0.2) is 0 Å². The quantitative estimate of drug-likeness (QED) is 0.861. The van der Waals surface area contributed by atoms with Crippen molar-refractivity contribution in [2.45, 2.75) is 12.8 Å². The lowest BCUT2D eigenvalue weighted by molar-refractivity contribution is -0.131. The molecule has 2 aromatic heterocycles. The molecule has 110 valence electrons. The number of aryl methyl sites for hydroxylation is 1. The number of anilines is 1. The van der Waals surface area contributed by atoms with Gasteiger partial charge in [-0.05, 0) is 24.3 Å². The molecule has 0 N–H and O–H groups in total. The molecular weight excluding hydrogens is 266 g/mol. The zero-order chi connectivity index (χ0) is 14.5. The lowest BCUT2D eigenvalue weighted by atomic mass is 10.2. The molecule has 3 rings (SSSR count). The summed E-state index contributed by atoms with van der Waals surface area (Å²) >= 11 is 0. The summed E-state index contributed by atoms with van der Waals surface area (Å²) in [6.07, 6.45) is 6.44. The van der Waals surface area contributed by atoms with Crippen molar-refractivity contribution in [2.75, 3.05) is 31.1 Å². The number of carbonyl (C=O) groups is 1. The van der Waals surface area contributed by atoms with Crippen LogP contribution < -0.4 is 4.90 Å². The number of nitrogens with zero attached hydrogens (tertiary/aromatic N) is 3. The highest BCUT2D eigenvalue weighted by molar-refractivity contribution is 5.76. The van der Waals surface area contributed by atoms with Crippen LogP contribution in [0.3, 0.4) is 0 Å². The van der Waals surface area contributed by atoms with Gasteiger partial charge in [0.25, 0.3) is 0 Å². The van der Waals surface area contributed by atoms with Crippen LogP contribution in [0.5, 0.6) is 0 Å². The van der Waals surface area contributed by atoms with Gasteiger partial charge in [0.1, 0.15) is 5.76 Å². The first-order valence-corrected chi connectivity index (χ1v) is 7.28. The second-order valence-corrected chi connectivity index (χ2v) is 5.15. The summed E-state index contributed by atoms with van der Waals surface area (Å²) in [6.45, 7) is 3.30. The first-order chi connectivity index (χ1) is 10.3. The monoisotopic (exact) mass is 285 g/mol. The normalized spacial score (nSPS) is 15.2. The molecular formula is C16H19N3O2. The van der Waals surface area contributed by atoms with Crippen LogP contribution in [0, 0.1) is 0 Å². The molecule has 5 heteroatoms. The van der Waals surface area contributed by atoms with Crippen LogP contribution in [-0.2, 0) is 11.2 Å². The predicted molar refractivity (Wildman–Crippen MR) is 80.1 cm³/mol. The minimum Gasteiger partial charge on any atom is -0.469 e. The first kappa shape index (κ1) is 13.7. The summed E-state index contributed by atoms with van der Waals surface area (Å²) in [7, 11) is 0. The zero-order valence-electron chi connectivity index (χ0n) is 11.9. The molecule has 0 bridgehead atoms.